The summed E-state index contributed by atoms with van der Waals surface area (Å²) in [6.07, 6.45) is 3.87. The van der Waals surface area contributed by atoms with Gasteiger partial charge in [-0.15, -0.1) is 0 Å². The van der Waals surface area contributed by atoms with Crippen LogP contribution in [-0.4, -0.2) is 21.0 Å². The first-order valence-electron chi connectivity index (χ1n) is 4.44. The molecule has 1 aromatic heterocycles. The van der Waals surface area contributed by atoms with E-state index in [1.165, 1.54) is 0 Å². The number of alkyl halides is 3. The molecule has 1 rings (SSSR count). The highest BCUT2D eigenvalue weighted by atomic mass is 35.5. The molecule has 0 aliphatic rings. The van der Waals surface area contributed by atoms with E-state index in [-0.39, 0.29) is 6.42 Å². The van der Waals surface area contributed by atoms with Gasteiger partial charge in [-0.3, -0.25) is 5.84 Å². The quantitative estimate of drug-likeness (QED) is 0.458. The van der Waals surface area contributed by atoms with Crippen LogP contribution in [0.4, 0.5) is 8.78 Å². The molecule has 1 heterocycles. The minimum atomic E-state index is -3.35. The van der Waals surface area contributed by atoms with E-state index in [0.717, 1.165) is 5.82 Å². The van der Waals surface area contributed by atoms with Gasteiger partial charge in [0.15, 0.2) is 0 Å². The van der Waals surface area contributed by atoms with Crippen LogP contribution in [0.25, 0.3) is 0 Å². The molecular weight excluding hydrogens is 226 g/mol. The molecule has 0 radical (unpaired) electrons. The molecule has 1 aromatic rings. The Morgan fingerprint density at radius 3 is 2.80 bits per heavy atom. The van der Waals surface area contributed by atoms with Crippen molar-refractivity contribution >= 4 is 11.6 Å². The molecular formula is C8H13ClF2N4. The fourth-order valence-electron chi connectivity index (χ4n) is 1.25. The molecule has 86 valence electrons. The highest BCUT2D eigenvalue weighted by molar-refractivity contribution is 6.22. The van der Waals surface area contributed by atoms with E-state index in [2.05, 4.69) is 4.98 Å². The number of rotatable bonds is 5. The largest absolute Gasteiger partial charge is 0.338 e. The number of hydrazine groups is 1. The lowest BCUT2D eigenvalue weighted by molar-refractivity contribution is 0.0466. The van der Waals surface area contributed by atoms with Gasteiger partial charge in [-0.05, 0) is 18.0 Å². The van der Waals surface area contributed by atoms with Gasteiger partial charge in [-0.1, -0.05) is 0 Å². The van der Waals surface area contributed by atoms with Crippen molar-refractivity contribution in [2.45, 2.75) is 24.3 Å². The third-order valence-corrected chi connectivity index (χ3v) is 2.44. The van der Waals surface area contributed by atoms with E-state index in [4.69, 9.17) is 17.4 Å². The number of nitrogens with two attached hydrogens (primary N) is 1. The number of hydrogen-bond donors (Lipinski definition) is 2. The molecule has 0 amide bonds. The maximum atomic E-state index is 12.7. The van der Waals surface area contributed by atoms with Crippen molar-refractivity contribution in [3.05, 3.63) is 18.2 Å². The Hall–Kier alpha value is -0.720. The Balaban J connectivity index is 2.52. The first kappa shape index (κ1) is 12.4. The summed E-state index contributed by atoms with van der Waals surface area (Å²) in [5, 5.41) is -3.35. The van der Waals surface area contributed by atoms with Crippen molar-refractivity contribution in [3.8, 4) is 0 Å². The lowest BCUT2D eigenvalue weighted by Crippen LogP contribution is -2.45. The summed E-state index contributed by atoms with van der Waals surface area (Å²) in [5.74, 6) is 5.71. The number of aryl methyl sites for hydroxylation is 2. The van der Waals surface area contributed by atoms with Gasteiger partial charge in [0.1, 0.15) is 11.9 Å². The van der Waals surface area contributed by atoms with Gasteiger partial charge < -0.3 is 4.57 Å². The van der Waals surface area contributed by atoms with E-state index in [1.807, 2.05) is 5.43 Å². The van der Waals surface area contributed by atoms with E-state index in [9.17, 15) is 8.78 Å². The normalized spacial score (nSPS) is 14.2. The van der Waals surface area contributed by atoms with Crippen LogP contribution in [0.1, 0.15) is 12.2 Å². The molecule has 0 aromatic carbocycles. The zero-order valence-corrected chi connectivity index (χ0v) is 9.01. The summed E-state index contributed by atoms with van der Waals surface area (Å²) >= 11 is 4.88. The second kappa shape index (κ2) is 4.87. The summed E-state index contributed by atoms with van der Waals surface area (Å²) in [4.78, 5) is 4.01. The molecule has 3 N–H and O–H groups in total. The summed E-state index contributed by atoms with van der Waals surface area (Å²) in [5.41, 5.74) is 2.00. The Labute approximate surface area is 91.4 Å². The average Bonchev–Trinajstić information content (AvgIpc) is 2.50. The van der Waals surface area contributed by atoms with Gasteiger partial charge >= 0.3 is 5.38 Å². The van der Waals surface area contributed by atoms with E-state index in [1.54, 1.807) is 24.0 Å². The molecule has 0 saturated heterocycles. The Kier molecular flexibility index (Phi) is 4.01. The van der Waals surface area contributed by atoms with Crippen LogP contribution in [0.2, 0.25) is 0 Å². The molecule has 0 bridgehead atoms. The van der Waals surface area contributed by atoms with Crippen molar-refractivity contribution in [1.82, 2.24) is 15.0 Å². The van der Waals surface area contributed by atoms with E-state index < -0.39 is 11.4 Å². The minimum absolute atomic E-state index is 0.123. The fraction of sp³-hybridized carbons (Fsp3) is 0.625. The molecule has 1 unspecified atom stereocenters. The second-order valence-electron chi connectivity index (χ2n) is 3.25. The number of nitrogens with one attached hydrogen (secondary N) is 1. The van der Waals surface area contributed by atoms with Crippen LogP contribution < -0.4 is 11.3 Å². The molecule has 0 spiro atoms. The predicted octanol–water partition coefficient (Wildman–Crippen LogP) is 1.02. The van der Waals surface area contributed by atoms with Crippen LogP contribution in [0.5, 0.6) is 0 Å². The van der Waals surface area contributed by atoms with Crippen molar-refractivity contribution in [2.24, 2.45) is 12.9 Å². The Bertz CT molecular complexity index is 310. The molecule has 1 atom stereocenters. The SMILES string of the molecule is Cn1ccnc1CCC(NN)C(F)(F)Cl. The van der Waals surface area contributed by atoms with Crippen LogP contribution in [-0.2, 0) is 13.5 Å². The predicted molar refractivity (Wildman–Crippen MR) is 53.4 cm³/mol. The summed E-state index contributed by atoms with van der Waals surface area (Å²) in [6, 6.07) is -1.25. The van der Waals surface area contributed by atoms with Crippen LogP contribution in [0, 0.1) is 0 Å². The van der Waals surface area contributed by atoms with Crippen LogP contribution in [0.3, 0.4) is 0 Å². The Morgan fingerprint density at radius 1 is 1.73 bits per heavy atom. The molecule has 0 aliphatic carbocycles. The van der Waals surface area contributed by atoms with Gasteiger partial charge in [0.05, 0.1) is 0 Å². The van der Waals surface area contributed by atoms with Gasteiger partial charge in [0, 0.05) is 25.9 Å². The van der Waals surface area contributed by atoms with Crippen LogP contribution >= 0.6 is 11.6 Å². The Morgan fingerprint density at radius 2 is 2.40 bits per heavy atom. The van der Waals surface area contributed by atoms with Crippen molar-refractivity contribution in [2.75, 3.05) is 0 Å². The molecule has 7 heteroatoms. The smallest absolute Gasteiger partial charge is 0.338 e. The summed E-state index contributed by atoms with van der Waals surface area (Å²) in [6.45, 7) is 0. The topological polar surface area (TPSA) is 55.9 Å². The highest BCUT2D eigenvalue weighted by Crippen LogP contribution is 2.25. The maximum Gasteiger partial charge on any atom is 0.338 e. The average molecular weight is 239 g/mol. The number of hydrogen-bond acceptors (Lipinski definition) is 3. The van der Waals surface area contributed by atoms with Crippen LogP contribution in [0.15, 0.2) is 12.4 Å². The van der Waals surface area contributed by atoms with Gasteiger partial charge in [-0.2, -0.15) is 8.78 Å². The maximum absolute atomic E-state index is 12.7. The number of nitrogens with zero attached hydrogens (tertiary/aromatic N) is 2. The second-order valence-corrected chi connectivity index (χ2v) is 3.76. The zero-order valence-electron chi connectivity index (χ0n) is 8.25. The number of halogens is 3. The molecule has 4 nitrogen and oxygen atoms in total. The molecule has 0 aliphatic heterocycles. The summed E-state index contributed by atoms with van der Waals surface area (Å²) in [7, 11) is 1.80. The van der Waals surface area contributed by atoms with Gasteiger partial charge in [-0.25, -0.2) is 10.4 Å². The minimum Gasteiger partial charge on any atom is -0.338 e. The first-order chi connectivity index (χ1) is 6.95. The fourth-order valence-corrected chi connectivity index (χ4v) is 1.42. The van der Waals surface area contributed by atoms with Crippen molar-refractivity contribution in [1.29, 1.82) is 0 Å². The monoisotopic (exact) mass is 238 g/mol. The third kappa shape index (κ3) is 3.40. The first-order valence-corrected chi connectivity index (χ1v) is 4.82. The van der Waals surface area contributed by atoms with E-state index >= 15 is 0 Å². The van der Waals surface area contributed by atoms with Gasteiger partial charge in [0.25, 0.3) is 0 Å². The summed E-state index contributed by atoms with van der Waals surface area (Å²) < 4.78 is 27.2. The van der Waals surface area contributed by atoms with Gasteiger partial charge in [0.2, 0.25) is 0 Å². The van der Waals surface area contributed by atoms with E-state index in [0.29, 0.717) is 6.42 Å². The molecule has 0 saturated carbocycles. The lowest BCUT2D eigenvalue weighted by atomic mass is 10.1. The zero-order chi connectivity index (χ0) is 11.5. The number of imidazole rings is 1. The molecule has 0 fully saturated rings. The molecule has 15 heavy (non-hydrogen) atoms. The standard InChI is InChI=1S/C8H13ClF2N4/c1-15-5-4-13-7(15)3-2-6(14-12)8(9,10)11/h4-6,14H,2-3,12H2,1H3. The van der Waals surface area contributed by atoms with Crippen molar-refractivity contribution < 1.29 is 8.78 Å². The third-order valence-electron chi connectivity index (χ3n) is 2.17. The lowest BCUT2D eigenvalue weighted by Gasteiger charge is -2.20. The highest BCUT2D eigenvalue weighted by Gasteiger charge is 2.36. The number of aromatic nitrogens is 2. The van der Waals surface area contributed by atoms with Crippen molar-refractivity contribution in [3.63, 3.8) is 0 Å².